The summed E-state index contributed by atoms with van der Waals surface area (Å²) in [4.78, 5) is 35.9. The number of piperazine rings is 1. The van der Waals surface area contributed by atoms with E-state index in [-0.39, 0.29) is 18.3 Å². The van der Waals surface area contributed by atoms with E-state index >= 15 is 0 Å². The van der Waals surface area contributed by atoms with Gasteiger partial charge in [0, 0.05) is 57.7 Å². The van der Waals surface area contributed by atoms with Gasteiger partial charge in [-0.05, 0) is 14.0 Å². The molecule has 2 fully saturated rings. The number of aryl methyl sites for hydroxylation is 1. The second-order valence-electron chi connectivity index (χ2n) is 7.83. The van der Waals surface area contributed by atoms with Crippen LogP contribution in [-0.4, -0.2) is 99.9 Å². The summed E-state index contributed by atoms with van der Waals surface area (Å²) in [6.07, 6.45) is 3.29. The van der Waals surface area contributed by atoms with Crippen LogP contribution in [0.25, 0.3) is 0 Å². The molecule has 2 N–H and O–H groups in total. The molecule has 1 amide bonds. The minimum absolute atomic E-state index is 0.0196. The Kier molecular flexibility index (Phi) is 7.53. The van der Waals surface area contributed by atoms with Gasteiger partial charge in [0.25, 0.3) is 12.4 Å². The molecule has 2 aliphatic rings. The largest absolute Gasteiger partial charge is 0.483 e. The summed E-state index contributed by atoms with van der Waals surface area (Å²) >= 11 is 0. The number of aliphatic hydroxyl groups is 1. The molecular formula is C20H28N6O5. The van der Waals surface area contributed by atoms with Crippen molar-refractivity contribution >= 4 is 18.2 Å². The Bertz CT molecular complexity index is 882. The molecule has 2 aliphatic heterocycles. The molecule has 4 heterocycles. The molecule has 31 heavy (non-hydrogen) atoms. The molecule has 11 nitrogen and oxygen atoms in total. The Labute approximate surface area is 180 Å². The molecule has 168 valence electrons. The van der Waals surface area contributed by atoms with Gasteiger partial charge in [0.15, 0.2) is 0 Å². The first-order valence-corrected chi connectivity index (χ1v) is 10.1. The zero-order chi connectivity index (χ0) is 22.4. The normalized spacial score (nSPS) is 21.5. The molecule has 4 rings (SSSR count). The summed E-state index contributed by atoms with van der Waals surface area (Å²) in [6, 6.07) is 1.89. The fourth-order valence-electron chi connectivity index (χ4n) is 3.80. The van der Waals surface area contributed by atoms with Crippen molar-refractivity contribution in [2.24, 2.45) is 5.92 Å². The fourth-order valence-corrected chi connectivity index (χ4v) is 3.80. The van der Waals surface area contributed by atoms with Crippen LogP contribution in [0.5, 0.6) is 0 Å². The summed E-state index contributed by atoms with van der Waals surface area (Å²) in [5.41, 5.74) is 1.19. The SMILES string of the molecule is Cc1cc(C[C@@H]2CN(c3cncc(C(=O)N4CCN(C)CC4)n3)C[C@@H]2O)on1.O=CO. The van der Waals surface area contributed by atoms with Gasteiger partial charge < -0.3 is 29.4 Å². The lowest BCUT2D eigenvalue weighted by atomic mass is 10.0. The molecule has 2 aromatic rings. The van der Waals surface area contributed by atoms with Crippen molar-refractivity contribution in [3.63, 3.8) is 0 Å². The van der Waals surface area contributed by atoms with Crippen LogP contribution in [0.2, 0.25) is 0 Å². The number of carbonyl (C=O) groups excluding carboxylic acids is 1. The summed E-state index contributed by atoms with van der Waals surface area (Å²) < 4.78 is 5.28. The van der Waals surface area contributed by atoms with Gasteiger partial charge in [-0.2, -0.15) is 0 Å². The van der Waals surface area contributed by atoms with E-state index in [4.69, 9.17) is 14.4 Å². The highest BCUT2D eigenvalue weighted by Gasteiger charge is 2.33. The number of carboxylic acid groups (broad SMARTS) is 1. The maximum Gasteiger partial charge on any atom is 0.290 e. The number of rotatable bonds is 4. The van der Waals surface area contributed by atoms with Gasteiger partial charge in [0.05, 0.1) is 24.2 Å². The number of aromatic nitrogens is 3. The third-order valence-corrected chi connectivity index (χ3v) is 5.50. The molecule has 0 saturated carbocycles. The predicted molar refractivity (Wildman–Crippen MR) is 111 cm³/mol. The average Bonchev–Trinajstić information content (AvgIpc) is 3.34. The quantitative estimate of drug-likeness (QED) is 0.630. The van der Waals surface area contributed by atoms with Crippen LogP contribution in [-0.2, 0) is 11.2 Å². The highest BCUT2D eigenvalue weighted by molar-refractivity contribution is 5.92. The highest BCUT2D eigenvalue weighted by Crippen LogP contribution is 2.25. The molecule has 2 aromatic heterocycles. The summed E-state index contributed by atoms with van der Waals surface area (Å²) in [5, 5.41) is 21.3. The fraction of sp³-hybridized carbons (Fsp3) is 0.550. The van der Waals surface area contributed by atoms with Gasteiger partial charge in [0.2, 0.25) is 0 Å². The molecule has 0 aromatic carbocycles. The smallest absolute Gasteiger partial charge is 0.290 e. The number of β-amino-alcohol motifs (C(OH)–C–C–N with tert-alkyl or cyclic N) is 1. The van der Waals surface area contributed by atoms with Crippen LogP contribution in [0.1, 0.15) is 21.9 Å². The van der Waals surface area contributed by atoms with E-state index in [9.17, 15) is 9.90 Å². The highest BCUT2D eigenvalue weighted by atomic mass is 16.5. The van der Waals surface area contributed by atoms with Gasteiger partial charge >= 0.3 is 0 Å². The van der Waals surface area contributed by atoms with Crippen molar-refractivity contribution in [2.75, 3.05) is 51.2 Å². The molecular weight excluding hydrogens is 404 g/mol. The number of anilines is 1. The van der Waals surface area contributed by atoms with Crippen LogP contribution in [0.4, 0.5) is 5.82 Å². The average molecular weight is 432 g/mol. The van der Waals surface area contributed by atoms with Crippen LogP contribution in [0, 0.1) is 12.8 Å². The first kappa shape index (κ1) is 22.6. The van der Waals surface area contributed by atoms with Crippen molar-refractivity contribution in [1.82, 2.24) is 24.9 Å². The minimum atomic E-state index is -0.496. The minimum Gasteiger partial charge on any atom is -0.483 e. The van der Waals surface area contributed by atoms with E-state index in [1.165, 1.54) is 6.20 Å². The molecule has 11 heteroatoms. The Morgan fingerprint density at radius 2 is 1.97 bits per heavy atom. The first-order chi connectivity index (χ1) is 14.9. The number of likely N-dealkylation sites (N-methyl/N-ethyl adjacent to an activating group) is 1. The van der Waals surface area contributed by atoms with Crippen LogP contribution in [0.15, 0.2) is 23.0 Å². The number of hydrogen-bond donors (Lipinski definition) is 2. The van der Waals surface area contributed by atoms with Crippen molar-refractivity contribution in [2.45, 2.75) is 19.4 Å². The lowest BCUT2D eigenvalue weighted by molar-refractivity contribution is -0.122. The topological polar surface area (TPSA) is 136 Å². The molecule has 0 radical (unpaired) electrons. The molecule has 2 atom stereocenters. The van der Waals surface area contributed by atoms with Crippen molar-refractivity contribution in [3.8, 4) is 0 Å². The van der Waals surface area contributed by atoms with Crippen LogP contribution in [0.3, 0.4) is 0 Å². The number of carbonyl (C=O) groups is 2. The molecule has 0 aliphatic carbocycles. The van der Waals surface area contributed by atoms with E-state index in [0.29, 0.717) is 44.1 Å². The second kappa shape index (κ2) is 10.3. The van der Waals surface area contributed by atoms with Crippen molar-refractivity contribution in [3.05, 3.63) is 35.6 Å². The lowest BCUT2D eigenvalue weighted by Crippen LogP contribution is -2.47. The standard InChI is InChI=1S/C19H26N6O3.CH2O2/c1-13-7-15(28-22-13)8-14-11-25(12-17(14)26)18-10-20-9-16(21-18)19(27)24-5-3-23(2)4-6-24;2-1-3/h7,9-10,14,17,26H,3-6,8,11-12H2,1-2H3;1H,(H,2,3)/t14-,17+;/m1./s1. The summed E-state index contributed by atoms with van der Waals surface area (Å²) in [7, 11) is 2.05. The second-order valence-corrected chi connectivity index (χ2v) is 7.83. The third kappa shape index (κ3) is 5.76. The van der Waals surface area contributed by atoms with Crippen LogP contribution < -0.4 is 4.90 Å². The zero-order valence-electron chi connectivity index (χ0n) is 17.7. The maximum absolute atomic E-state index is 12.8. The molecule has 2 saturated heterocycles. The van der Waals surface area contributed by atoms with E-state index in [1.807, 2.05) is 22.8 Å². The van der Waals surface area contributed by atoms with Gasteiger partial charge in [-0.3, -0.25) is 14.6 Å². The molecule has 0 spiro atoms. The Morgan fingerprint density at radius 3 is 2.61 bits per heavy atom. The van der Waals surface area contributed by atoms with E-state index in [0.717, 1.165) is 24.5 Å². The third-order valence-electron chi connectivity index (χ3n) is 5.50. The number of nitrogens with zero attached hydrogens (tertiary/aromatic N) is 6. The van der Waals surface area contributed by atoms with Crippen molar-refractivity contribution < 1.29 is 24.3 Å². The van der Waals surface area contributed by atoms with E-state index in [1.54, 1.807) is 6.20 Å². The predicted octanol–water partition coefficient (Wildman–Crippen LogP) is -0.0988. The number of amides is 1. The summed E-state index contributed by atoms with van der Waals surface area (Å²) in [5.74, 6) is 1.32. The Hall–Kier alpha value is -3.05. The van der Waals surface area contributed by atoms with Gasteiger partial charge in [-0.15, -0.1) is 0 Å². The first-order valence-electron chi connectivity index (χ1n) is 10.1. The number of aliphatic hydroxyl groups excluding tert-OH is 1. The van der Waals surface area contributed by atoms with Gasteiger partial charge in [0.1, 0.15) is 17.3 Å². The van der Waals surface area contributed by atoms with Gasteiger partial charge in [-0.1, -0.05) is 5.16 Å². The maximum atomic E-state index is 12.8. The molecule has 0 bridgehead atoms. The van der Waals surface area contributed by atoms with Crippen LogP contribution >= 0.6 is 0 Å². The van der Waals surface area contributed by atoms with Crippen molar-refractivity contribution in [1.29, 1.82) is 0 Å². The Morgan fingerprint density at radius 1 is 1.26 bits per heavy atom. The summed E-state index contributed by atoms with van der Waals surface area (Å²) in [6.45, 7) is 5.83. The molecule has 0 unspecified atom stereocenters. The van der Waals surface area contributed by atoms with E-state index < -0.39 is 6.10 Å². The number of hydrogen-bond acceptors (Lipinski definition) is 9. The van der Waals surface area contributed by atoms with E-state index in [2.05, 4.69) is 27.1 Å². The zero-order valence-corrected chi connectivity index (χ0v) is 17.7. The monoisotopic (exact) mass is 432 g/mol. The van der Waals surface area contributed by atoms with Gasteiger partial charge in [-0.25, -0.2) is 4.98 Å². The lowest BCUT2D eigenvalue weighted by Gasteiger charge is -2.32. The Balaban J connectivity index is 0.000000858.